The van der Waals surface area contributed by atoms with Crippen molar-refractivity contribution in [2.75, 3.05) is 0 Å². The van der Waals surface area contributed by atoms with Crippen molar-refractivity contribution < 1.29 is 9.90 Å². The monoisotopic (exact) mass is 322 g/mol. The minimum absolute atomic E-state index is 0.0691. The molecule has 0 bridgehead atoms. The minimum atomic E-state index is -1.02. The van der Waals surface area contributed by atoms with E-state index in [-0.39, 0.29) is 5.92 Å². The van der Waals surface area contributed by atoms with Gasteiger partial charge in [-0.05, 0) is 23.6 Å². The Morgan fingerprint density at radius 2 is 2.26 bits per heavy atom. The Morgan fingerprint density at radius 1 is 1.53 bits per heavy atom. The van der Waals surface area contributed by atoms with Crippen LogP contribution < -0.4 is 0 Å². The summed E-state index contributed by atoms with van der Waals surface area (Å²) in [5.41, 5.74) is 4.39. The number of hydrogen-bond donors (Lipinski definition) is 1. The van der Waals surface area contributed by atoms with Gasteiger partial charge in [0.15, 0.2) is 0 Å². The van der Waals surface area contributed by atoms with Crippen LogP contribution >= 0.6 is 15.9 Å². The molecule has 1 heterocycles. The smallest absolute Gasteiger partial charge is 0.416 e. The molecular weight excluding hydrogens is 308 g/mol. The molecule has 2 rings (SSSR count). The van der Waals surface area contributed by atoms with Crippen molar-refractivity contribution in [3.63, 3.8) is 0 Å². The molecule has 0 aliphatic rings. The lowest BCUT2D eigenvalue weighted by molar-refractivity contribution is 0.196. The fourth-order valence-electron chi connectivity index (χ4n) is 2.14. The lowest BCUT2D eigenvalue weighted by Crippen LogP contribution is -2.05. The van der Waals surface area contributed by atoms with Crippen molar-refractivity contribution in [3.05, 3.63) is 53.1 Å². The quantitative estimate of drug-likeness (QED) is 0.875. The van der Waals surface area contributed by atoms with Gasteiger partial charge in [-0.15, -0.1) is 0 Å². The summed E-state index contributed by atoms with van der Waals surface area (Å²) in [6.45, 7) is 4.12. The van der Waals surface area contributed by atoms with Crippen molar-refractivity contribution in [2.24, 2.45) is 0 Å². The molecule has 0 saturated heterocycles. The zero-order valence-corrected chi connectivity index (χ0v) is 12.4. The van der Waals surface area contributed by atoms with Crippen LogP contribution in [0.5, 0.6) is 0 Å². The molecule has 1 aromatic carbocycles. The van der Waals surface area contributed by atoms with Crippen molar-refractivity contribution in [2.45, 2.75) is 25.1 Å². The molecular formula is C14H15BrN2O2. The van der Waals surface area contributed by atoms with Gasteiger partial charge in [0.05, 0.1) is 5.69 Å². The highest BCUT2D eigenvalue weighted by Crippen LogP contribution is 2.28. The molecule has 0 fully saturated rings. The van der Waals surface area contributed by atoms with Crippen LogP contribution in [0.4, 0.5) is 4.79 Å². The third-order valence-corrected chi connectivity index (χ3v) is 3.97. The number of hydrogen-bond acceptors (Lipinski definition) is 2. The number of alkyl halides is 1. The first-order chi connectivity index (χ1) is 9.04. The summed E-state index contributed by atoms with van der Waals surface area (Å²) in [4.78, 5) is 15.0. The lowest BCUT2D eigenvalue weighted by atomic mass is 9.92. The molecule has 0 radical (unpaired) electrons. The van der Waals surface area contributed by atoms with Crippen molar-refractivity contribution >= 4 is 22.0 Å². The fourth-order valence-corrected chi connectivity index (χ4v) is 2.75. The number of rotatable bonds is 3. The standard InChI is InChI=1S/C14H15BrN2O2/c1-9-11(6-15)4-3-5-12(9)10(2)13-7-17(8-16-13)14(18)19/h3-5,7-8,10H,6H2,1-2H3,(H,18,19)/t10-/m0/s1. The molecule has 4 nitrogen and oxygen atoms in total. The maximum absolute atomic E-state index is 10.9. The highest BCUT2D eigenvalue weighted by Gasteiger charge is 2.16. The summed E-state index contributed by atoms with van der Waals surface area (Å²) in [5, 5.41) is 9.71. The summed E-state index contributed by atoms with van der Waals surface area (Å²) < 4.78 is 1.08. The minimum Gasteiger partial charge on any atom is -0.464 e. The fraction of sp³-hybridized carbons (Fsp3) is 0.286. The van der Waals surface area contributed by atoms with Crippen LogP contribution in [0.1, 0.15) is 35.2 Å². The predicted octanol–water partition coefficient (Wildman–Crippen LogP) is 3.76. The average Bonchev–Trinajstić information content (AvgIpc) is 2.88. The van der Waals surface area contributed by atoms with Gasteiger partial charge >= 0.3 is 6.09 Å². The van der Waals surface area contributed by atoms with Crippen LogP contribution in [0, 0.1) is 6.92 Å². The van der Waals surface area contributed by atoms with E-state index in [0.29, 0.717) is 0 Å². The largest absolute Gasteiger partial charge is 0.464 e. The van der Waals surface area contributed by atoms with Crippen LogP contribution in [0.25, 0.3) is 0 Å². The van der Waals surface area contributed by atoms with Gasteiger partial charge in [0.25, 0.3) is 0 Å². The molecule has 19 heavy (non-hydrogen) atoms. The van der Waals surface area contributed by atoms with Gasteiger partial charge in [0.1, 0.15) is 6.33 Å². The van der Waals surface area contributed by atoms with E-state index in [4.69, 9.17) is 5.11 Å². The molecule has 0 unspecified atom stereocenters. The molecule has 0 aliphatic heterocycles. The second kappa shape index (κ2) is 5.57. The number of carbonyl (C=O) groups is 1. The first kappa shape index (κ1) is 13.8. The molecule has 5 heteroatoms. The normalized spacial score (nSPS) is 12.4. The number of benzene rings is 1. The van der Waals surface area contributed by atoms with Crippen molar-refractivity contribution in [1.29, 1.82) is 0 Å². The Labute approximate surface area is 120 Å². The molecule has 0 saturated carbocycles. The van der Waals surface area contributed by atoms with Gasteiger partial charge in [-0.3, -0.25) is 0 Å². The number of imidazole rings is 1. The average molecular weight is 323 g/mol. The van der Waals surface area contributed by atoms with E-state index in [9.17, 15) is 4.79 Å². The van der Waals surface area contributed by atoms with Crippen molar-refractivity contribution in [1.82, 2.24) is 9.55 Å². The van der Waals surface area contributed by atoms with E-state index in [1.165, 1.54) is 23.0 Å². The first-order valence-electron chi connectivity index (χ1n) is 5.96. The first-order valence-corrected chi connectivity index (χ1v) is 7.08. The Bertz CT molecular complexity index is 607. The third kappa shape index (κ3) is 2.71. The van der Waals surface area contributed by atoms with E-state index in [0.717, 1.165) is 15.6 Å². The maximum atomic E-state index is 10.9. The van der Waals surface area contributed by atoms with Gasteiger partial charge in [0, 0.05) is 17.4 Å². The zero-order chi connectivity index (χ0) is 14.0. The number of carboxylic acid groups (broad SMARTS) is 1. The summed E-state index contributed by atoms with van der Waals surface area (Å²) in [7, 11) is 0. The van der Waals surface area contributed by atoms with E-state index < -0.39 is 6.09 Å². The number of halogens is 1. The topological polar surface area (TPSA) is 55.1 Å². The lowest BCUT2D eigenvalue weighted by Gasteiger charge is -2.15. The van der Waals surface area contributed by atoms with Crippen LogP contribution in [0.15, 0.2) is 30.7 Å². The molecule has 0 amide bonds. The van der Waals surface area contributed by atoms with Gasteiger partial charge in [-0.1, -0.05) is 41.1 Å². The van der Waals surface area contributed by atoms with Crippen LogP contribution in [-0.2, 0) is 5.33 Å². The van der Waals surface area contributed by atoms with E-state index in [1.54, 1.807) is 6.20 Å². The van der Waals surface area contributed by atoms with Gasteiger partial charge in [-0.25, -0.2) is 14.3 Å². The summed E-state index contributed by atoms with van der Waals surface area (Å²) in [6.07, 6.45) is 1.88. The molecule has 0 spiro atoms. The number of aromatic nitrogens is 2. The van der Waals surface area contributed by atoms with Crippen LogP contribution in [-0.4, -0.2) is 20.8 Å². The highest BCUT2D eigenvalue weighted by molar-refractivity contribution is 9.08. The summed E-state index contributed by atoms with van der Waals surface area (Å²) >= 11 is 3.47. The molecule has 2 aromatic rings. The Hall–Kier alpha value is -1.62. The molecule has 1 aromatic heterocycles. The SMILES string of the molecule is Cc1c(CBr)cccc1[C@H](C)c1cn(C(=O)O)cn1. The summed E-state index contributed by atoms with van der Waals surface area (Å²) in [6, 6.07) is 6.16. The van der Waals surface area contributed by atoms with Gasteiger partial charge < -0.3 is 5.11 Å². The molecule has 0 aliphatic carbocycles. The van der Waals surface area contributed by atoms with E-state index in [2.05, 4.69) is 40.0 Å². The second-order valence-corrected chi connectivity index (χ2v) is 5.04. The van der Waals surface area contributed by atoms with Gasteiger partial charge in [0.2, 0.25) is 0 Å². The Morgan fingerprint density at radius 3 is 2.84 bits per heavy atom. The van der Waals surface area contributed by atoms with E-state index >= 15 is 0 Å². The van der Waals surface area contributed by atoms with E-state index in [1.807, 2.05) is 13.0 Å². The zero-order valence-electron chi connectivity index (χ0n) is 10.8. The second-order valence-electron chi connectivity index (χ2n) is 4.48. The Balaban J connectivity index is 2.38. The third-order valence-electron chi connectivity index (χ3n) is 3.37. The van der Waals surface area contributed by atoms with Crippen molar-refractivity contribution in [3.8, 4) is 0 Å². The highest BCUT2D eigenvalue weighted by atomic mass is 79.9. The maximum Gasteiger partial charge on any atom is 0.416 e. The Kier molecular flexibility index (Phi) is 4.04. The van der Waals surface area contributed by atoms with Crippen LogP contribution in [0.3, 0.4) is 0 Å². The summed E-state index contributed by atoms with van der Waals surface area (Å²) in [5.74, 6) is 0.0691. The molecule has 100 valence electrons. The molecule has 1 atom stereocenters. The predicted molar refractivity (Wildman–Crippen MR) is 77.0 cm³/mol. The van der Waals surface area contributed by atoms with Gasteiger partial charge in [-0.2, -0.15) is 0 Å². The molecule has 1 N–H and O–H groups in total. The number of nitrogens with zero attached hydrogens (tertiary/aromatic N) is 2. The van der Waals surface area contributed by atoms with Crippen LogP contribution in [0.2, 0.25) is 0 Å².